The summed E-state index contributed by atoms with van der Waals surface area (Å²) in [5, 5.41) is 3.02. The lowest BCUT2D eigenvalue weighted by Crippen LogP contribution is -2.39. The molecule has 4 rings (SSSR count). The van der Waals surface area contributed by atoms with Gasteiger partial charge < -0.3 is 15.0 Å². The van der Waals surface area contributed by atoms with Gasteiger partial charge in [0.05, 0.1) is 5.69 Å². The average molecular weight is 429 g/mol. The summed E-state index contributed by atoms with van der Waals surface area (Å²) >= 11 is 0. The molecule has 0 spiro atoms. The van der Waals surface area contributed by atoms with E-state index in [1.807, 2.05) is 54.6 Å². The molecule has 0 fully saturated rings. The summed E-state index contributed by atoms with van der Waals surface area (Å²) in [6, 6.07) is 25.6. The second-order valence-electron chi connectivity index (χ2n) is 8.00. The second-order valence-corrected chi connectivity index (χ2v) is 8.00. The van der Waals surface area contributed by atoms with E-state index in [2.05, 4.69) is 36.5 Å². The minimum Gasteiger partial charge on any atom is -0.482 e. The van der Waals surface area contributed by atoms with Crippen LogP contribution in [-0.2, 0) is 9.59 Å². The maximum Gasteiger partial charge on any atom is 0.265 e. The van der Waals surface area contributed by atoms with Crippen LogP contribution in [0.25, 0.3) is 0 Å². The van der Waals surface area contributed by atoms with Crippen LogP contribution in [0.5, 0.6) is 5.75 Å². The number of amides is 2. The maximum absolute atomic E-state index is 13.0. The molecule has 3 aromatic carbocycles. The fourth-order valence-corrected chi connectivity index (χ4v) is 4.04. The van der Waals surface area contributed by atoms with Gasteiger partial charge in [0, 0.05) is 24.6 Å². The first-order chi connectivity index (χ1) is 15.7. The molecule has 5 nitrogen and oxygen atoms in total. The Labute approximate surface area is 189 Å². The smallest absolute Gasteiger partial charge is 0.265 e. The third-order valence-corrected chi connectivity index (χ3v) is 5.71. The Morgan fingerprint density at radius 2 is 1.66 bits per heavy atom. The third-order valence-electron chi connectivity index (χ3n) is 5.71. The molecular formula is C27H28N2O3. The van der Waals surface area contributed by atoms with Crippen LogP contribution in [0.15, 0.2) is 78.9 Å². The molecule has 1 N–H and O–H groups in total. The number of fused-ring (bicyclic) bond motifs is 1. The van der Waals surface area contributed by atoms with Crippen molar-refractivity contribution in [2.24, 2.45) is 0 Å². The Kier molecular flexibility index (Phi) is 6.85. The van der Waals surface area contributed by atoms with Gasteiger partial charge in [-0.1, -0.05) is 74.0 Å². The van der Waals surface area contributed by atoms with Crippen LogP contribution >= 0.6 is 0 Å². The topological polar surface area (TPSA) is 58.6 Å². The van der Waals surface area contributed by atoms with Crippen molar-refractivity contribution in [3.05, 3.63) is 90.0 Å². The van der Waals surface area contributed by atoms with Crippen molar-refractivity contribution in [3.8, 4) is 5.75 Å². The molecule has 1 heterocycles. The molecule has 0 unspecified atom stereocenters. The number of nitrogens with one attached hydrogen (secondary N) is 1. The van der Waals surface area contributed by atoms with Crippen LogP contribution in [-0.4, -0.2) is 25.0 Å². The van der Waals surface area contributed by atoms with E-state index < -0.39 is 0 Å². The summed E-state index contributed by atoms with van der Waals surface area (Å²) < 4.78 is 5.58. The van der Waals surface area contributed by atoms with E-state index in [0.29, 0.717) is 24.4 Å². The summed E-state index contributed by atoms with van der Waals surface area (Å²) in [7, 11) is 0. The fraction of sp³-hybridized carbons (Fsp3) is 0.259. The van der Waals surface area contributed by atoms with Crippen LogP contribution in [0.1, 0.15) is 43.2 Å². The highest BCUT2D eigenvalue weighted by atomic mass is 16.5. The Morgan fingerprint density at radius 1 is 1.00 bits per heavy atom. The number of unbranched alkanes of at least 4 members (excludes halogenated alkanes) is 1. The molecule has 32 heavy (non-hydrogen) atoms. The molecule has 164 valence electrons. The highest BCUT2D eigenvalue weighted by Crippen LogP contribution is 2.35. The molecule has 0 aliphatic carbocycles. The van der Waals surface area contributed by atoms with Crippen molar-refractivity contribution in [3.63, 3.8) is 0 Å². The van der Waals surface area contributed by atoms with Gasteiger partial charge in [0.15, 0.2) is 6.61 Å². The summed E-state index contributed by atoms with van der Waals surface area (Å²) in [6.45, 7) is 2.80. The van der Waals surface area contributed by atoms with E-state index in [-0.39, 0.29) is 24.3 Å². The van der Waals surface area contributed by atoms with Gasteiger partial charge in [-0.15, -0.1) is 0 Å². The van der Waals surface area contributed by atoms with Crippen molar-refractivity contribution >= 4 is 23.2 Å². The molecule has 0 aromatic heterocycles. The molecular weight excluding hydrogens is 400 g/mol. The zero-order valence-electron chi connectivity index (χ0n) is 18.3. The molecule has 0 radical (unpaired) electrons. The zero-order valence-corrected chi connectivity index (χ0v) is 18.3. The number of carbonyl (C=O) groups excluding carboxylic acids is 2. The van der Waals surface area contributed by atoms with Gasteiger partial charge in [0.2, 0.25) is 5.91 Å². The molecule has 5 heteroatoms. The van der Waals surface area contributed by atoms with Gasteiger partial charge in [0.25, 0.3) is 5.91 Å². The minimum atomic E-state index is -0.0779. The Hall–Kier alpha value is -3.60. The lowest BCUT2D eigenvalue weighted by molar-refractivity contribution is -0.121. The van der Waals surface area contributed by atoms with E-state index in [1.165, 1.54) is 0 Å². The highest BCUT2D eigenvalue weighted by molar-refractivity contribution is 5.99. The molecule has 3 aromatic rings. The quantitative estimate of drug-likeness (QED) is 0.525. The zero-order chi connectivity index (χ0) is 22.3. The second kappa shape index (κ2) is 10.1. The number of hydrogen-bond donors (Lipinski definition) is 1. The predicted molar refractivity (Wildman–Crippen MR) is 127 cm³/mol. The number of ether oxygens (including phenoxy) is 1. The molecule has 0 saturated carbocycles. The van der Waals surface area contributed by atoms with Crippen LogP contribution in [0.4, 0.5) is 11.4 Å². The summed E-state index contributed by atoms with van der Waals surface area (Å²) in [5.74, 6) is 0.500. The van der Waals surface area contributed by atoms with Crippen molar-refractivity contribution in [2.45, 2.75) is 32.1 Å². The normalized spacial score (nSPS) is 12.9. The van der Waals surface area contributed by atoms with E-state index in [9.17, 15) is 9.59 Å². The van der Waals surface area contributed by atoms with Crippen LogP contribution in [0.3, 0.4) is 0 Å². The molecule has 2 amide bonds. The largest absolute Gasteiger partial charge is 0.482 e. The van der Waals surface area contributed by atoms with Crippen molar-refractivity contribution in [2.75, 3.05) is 23.4 Å². The summed E-state index contributed by atoms with van der Waals surface area (Å²) in [6.07, 6.45) is 2.23. The van der Waals surface area contributed by atoms with Crippen molar-refractivity contribution in [1.29, 1.82) is 0 Å². The molecule has 0 atom stereocenters. The number of benzene rings is 3. The first kappa shape index (κ1) is 21.6. The third kappa shape index (κ3) is 4.99. The predicted octanol–water partition coefficient (Wildman–Crippen LogP) is 5.37. The fourth-order valence-electron chi connectivity index (χ4n) is 4.04. The SMILES string of the molecule is CCCCN1C(=O)COc2ccc(NC(=O)CC(c3ccccc3)c3ccccc3)cc21. The van der Waals surface area contributed by atoms with Gasteiger partial charge in [-0.05, 0) is 35.7 Å². The van der Waals surface area contributed by atoms with Gasteiger partial charge >= 0.3 is 0 Å². The number of nitrogens with zero attached hydrogens (tertiary/aromatic N) is 1. The van der Waals surface area contributed by atoms with Gasteiger partial charge in [-0.2, -0.15) is 0 Å². The van der Waals surface area contributed by atoms with E-state index in [0.717, 1.165) is 29.7 Å². The van der Waals surface area contributed by atoms with Crippen LogP contribution < -0.4 is 15.0 Å². The van der Waals surface area contributed by atoms with E-state index >= 15 is 0 Å². The monoisotopic (exact) mass is 428 g/mol. The maximum atomic E-state index is 13.0. The van der Waals surface area contributed by atoms with Crippen molar-refractivity contribution < 1.29 is 14.3 Å². The van der Waals surface area contributed by atoms with Crippen LogP contribution in [0, 0.1) is 0 Å². The lowest BCUT2D eigenvalue weighted by Gasteiger charge is -2.29. The molecule has 1 aliphatic heterocycles. The molecule has 1 aliphatic rings. The highest BCUT2D eigenvalue weighted by Gasteiger charge is 2.26. The first-order valence-electron chi connectivity index (χ1n) is 11.1. The number of rotatable bonds is 8. The molecule has 0 saturated heterocycles. The van der Waals surface area contributed by atoms with Gasteiger partial charge in [-0.3, -0.25) is 9.59 Å². The van der Waals surface area contributed by atoms with Gasteiger partial charge in [0.1, 0.15) is 5.75 Å². The summed E-state index contributed by atoms with van der Waals surface area (Å²) in [4.78, 5) is 27.2. The standard InChI is InChI=1S/C27H28N2O3/c1-2-3-16-29-24-17-22(14-15-25(24)32-19-27(29)31)28-26(30)18-23(20-10-6-4-7-11-20)21-12-8-5-9-13-21/h4-15,17,23H,2-3,16,18-19H2,1H3,(H,28,30). The Bertz CT molecular complexity index is 1030. The number of carbonyl (C=O) groups is 2. The minimum absolute atomic E-state index is 0.0407. The van der Waals surface area contributed by atoms with Crippen molar-refractivity contribution in [1.82, 2.24) is 0 Å². The lowest BCUT2D eigenvalue weighted by atomic mass is 9.88. The first-order valence-corrected chi connectivity index (χ1v) is 11.1. The van der Waals surface area contributed by atoms with Gasteiger partial charge in [-0.25, -0.2) is 0 Å². The molecule has 0 bridgehead atoms. The Balaban J connectivity index is 1.53. The van der Waals surface area contributed by atoms with E-state index in [4.69, 9.17) is 4.74 Å². The van der Waals surface area contributed by atoms with Crippen LogP contribution in [0.2, 0.25) is 0 Å². The average Bonchev–Trinajstić information content (AvgIpc) is 2.83. The summed E-state index contributed by atoms with van der Waals surface area (Å²) in [5.41, 5.74) is 3.58. The van der Waals surface area contributed by atoms with E-state index in [1.54, 1.807) is 4.90 Å². The number of anilines is 2. The number of hydrogen-bond acceptors (Lipinski definition) is 3. The Morgan fingerprint density at radius 3 is 2.28 bits per heavy atom.